The van der Waals surface area contributed by atoms with Crippen molar-refractivity contribution in [2.45, 2.75) is 11.3 Å². The zero-order valence-electron chi connectivity index (χ0n) is 15.2. The molecule has 0 spiro atoms. The molecule has 8 nitrogen and oxygen atoms in total. The van der Waals surface area contributed by atoms with Gasteiger partial charge in [-0.3, -0.25) is 14.2 Å². The number of rotatable bonds is 5. The molecule has 0 aromatic heterocycles. The fourth-order valence-corrected chi connectivity index (χ4v) is 3.71. The molecule has 1 amide bonds. The summed E-state index contributed by atoms with van der Waals surface area (Å²) in [5.74, 6) is -0.266. The first-order valence-corrected chi connectivity index (χ1v) is 9.61. The lowest BCUT2D eigenvalue weighted by molar-refractivity contribution is -0.129. The number of methoxy groups -OCH3 is 1. The molecule has 150 valence electrons. The zero-order chi connectivity index (χ0) is 19.8. The van der Waals surface area contributed by atoms with Crippen LogP contribution in [0.15, 0.2) is 53.5 Å². The van der Waals surface area contributed by atoms with Crippen LogP contribution in [0.4, 0.5) is 0 Å². The molecular formula is C18H20ClN3O5S. The molecule has 1 heterocycles. The van der Waals surface area contributed by atoms with Crippen molar-refractivity contribution in [2.24, 2.45) is 10.7 Å². The fourth-order valence-electron chi connectivity index (χ4n) is 3.11. The molecule has 0 bridgehead atoms. The Labute approximate surface area is 169 Å². The Hall–Kier alpha value is -2.62. The van der Waals surface area contributed by atoms with Crippen molar-refractivity contribution in [3.8, 4) is 5.75 Å². The van der Waals surface area contributed by atoms with Gasteiger partial charge in [-0.25, -0.2) is 4.99 Å². The van der Waals surface area contributed by atoms with E-state index in [0.717, 1.165) is 0 Å². The molecule has 0 aliphatic carbocycles. The van der Waals surface area contributed by atoms with Gasteiger partial charge in [0.05, 0.1) is 7.11 Å². The van der Waals surface area contributed by atoms with Crippen LogP contribution in [0, 0.1) is 0 Å². The average molecular weight is 426 g/mol. The van der Waals surface area contributed by atoms with E-state index in [1.807, 2.05) is 0 Å². The van der Waals surface area contributed by atoms with Gasteiger partial charge in [0.25, 0.3) is 16.0 Å². The first kappa shape index (κ1) is 21.7. The molecule has 2 aromatic rings. The lowest BCUT2D eigenvalue weighted by Crippen LogP contribution is -2.41. The number of benzene rings is 2. The molecule has 0 radical (unpaired) electrons. The predicted octanol–water partition coefficient (Wildman–Crippen LogP) is 1.54. The van der Waals surface area contributed by atoms with Crippen LogP contribution >= 0.6 is 12.4 Å². The standard InChI is InChI=1S/C18H19N3O5S.ClH/c1-21-16(22)18(20-17(21)19,13-6-8-15(26-2)9-7-13)14-5-3-4-12(10-14)11-27(23,24)25;/h3-10H,11H2,1-2H3,(H2,19,20)(H,23,24,25);1H. The van der Waals surface area contributed by atoms with Crippen LogP contribution in [0.25, 0.3) is 0 Å². The second-order valence-corrected chi connectivity index (χ2v) is 7.65. The summed E-state index contributed by atoms with van der Waals surface area (Å²) in [5.41, 5.74) is 5.81. The number of hydrogen-bond donors (Lipinski definition) is 2. The Morgan fingerprint density at radius 2 is 1.82 bits per heavy atom. The van der Waals surface area contributed by atoms with E-state index < -0.39 is 21.4 Å². The van der Waals surface area contributed by atoms with Crippen molar-refractivity contribution in [1.82, 2.24) is 4.90 Å². The van der Waals surface area contributed by atoms with Gasteiger partial charge in [0.15, 0.2) is 11.5 Å². The second-order valence-electron chi connectivity index (χ2n) is 6.20. The van der Waals surface area contributed by atoms with Crippen molar-refractivity contribution in [3.63, 3.8) is 0 Å². The molecular weight excluding hydrogens is 406 g/mol. The summed E-state index contributed by atoms with van der Waals surface area (Å²) >= 11 is 0. The van der Waals surface area contributed by atoms with Crippen LogP contribution in [-0.2, 0) is 26.2 Å². The van der Waals surface area contributed by atoms with Crippen LogP contribution in [0.1, 0.15) is 16.7 Å². The van der Waals surface area contributed by atoms with E-state index in [1.165, 1.54) is 25.1 Å². The molecule has 3 rings (SSSR count). The Kier molecular flexibility index (Phi) is 6.03. The highest BCUT2D eigenvalue weighted by Gasteiger charge is 2.49. The minimum Gasteiger partial charge on any atom is -0.497 e. The third-order valence-corrected chi connectivity index (χ3v) is 5.14. The van der Waals surface area contributed by atoms with Gasteiger partial charge in [-0.2, -0.15) is 8.42 Å². The Balaban J connectivity index is 0.00000280. The monoisotopic (exact) mass is 425 g/mol. The van der Waals surface area contributed by atoms with Crippen LogP contribution in [0.5, 0.6) is 5.75 Å². The summed E-state index contributed by atoms with van der Waals surface area (Å²) in [4.78, 5) is 18.8. The summed E-state index contributed by atoms with van der Waals surface area (Å²) in [7, 11) is -1.16. The van der Waals surface area contributed by atoms with Crippen molar-refractivity contribution in [2.75, 3.05) is 14.2 Å². The molecule has 0 saturated carbocycles. The van der Waals surface area contributed by atoms with Crippen LogP contribution in [0.3, 0.4) is 0 Å². The predicted molar refractivity (Wildman–Crippen MR) is 107 cm³/mol. The topological polar surface area (TPSA) is 122 Å². The van der Waals surface area contributed by atoms with E-state index in [2.05, 4.69) is 4.99 Å². The Morgan fingerprint density at radius 1 is 1.18 bits per heavy atom. The number of carbonyl (C=O) groups is 1. The molecule has 28 heavy (non-hydrogen) atoms. The van der Waals surface area contributed by atoms with E-state index in [0.29, 0.717) is 22.4 Å². The maximum atomic E-state index is 13.1. The third-order valence-electron chi connectivity index (χ3n) is 4.44. The molecule has 3 N–H and O–H groups in total. The van der Waals surface area contributed by atoms with E-state index in [-0.39, 0.29) is 24.3 Å². The van der Waals surface area contributed by atoms with E-state index in [4.69, 9.17) is 15.0 Å². The van der Waals surface area contributed by atoms with Crippen LogP contribution in [-0.4, -0.2) is 43.9 Å². The summed E-state index contributed by atoms with van der Waals surface area (Å²) < 4.78 is 36.8. The first-order valence-electron chi connectivity index (χ1n) is 8.00. The SMILES string of the molecule is COc1ccc(C2(c3cccc(CS(=O)(=O)O)c3)N=C(N)N(C)C2=O)cc1.Cl. The number of likely N-dealkylation sites (N-methyl/N-ethyl adjacent to an activating group) is 1. The highest BCUT2D eigenvalue weighted by molar-refractivity contribution is 7.85. The number of carbonyl (C=O) groups excluding carboxylic acids is 1. The normalized spacial score (nSPS) is 19.2. The number of nitrogens with two attached hydrogens (primary N) is 1. The summed E-state index contributed by atoms with van der Waals surface area (Å²) in [6.45, 7) is 0. The number of ether oxygens (including phenoxy) is 1. The number of aliphatic imine (C=N–C) groups is 1. The lowest BCUT2D eigenvalue weighted by atomic mass is 9.82. The molecule has 1 unspecified atom stereocenters. The first-order chi connectivity index (χ1) is 12.7. The van der Waals surface area contributed by atoms with Gasteiger partial charge in [0, 0.05) is 7.05 Å². The smallest absolute Gasteiger partial charge is 0.269 e. The summed E-state index contributed by atoms with van der Waals surface area (Å²) in [5, 5.41) is 0. The molecule has 1 aliphatic heterocycles. The maximum Gasteiger partial charge on any atom is 0.269 e. The number of amides is 1. The molecule has 2 aromatic carbocycles. The van der Waals surface area contributed by atoms with Gasteiger partial charge < -0.3 is 10.5 Å². The fraction of sp³-hybridized carbons (Fsp3) is 0.222. The highest BCUT2D eigenvalue weighted by atomic mass is 35.5. The average Bonchev–Trinajstić information content (AvgIpc) is 2.86. The van der Waals surface area contributed by atoms with E-state index in [9.17, 15) is 13.2 Å². The largest absolute Gasteiger partial charge is 0.497 e. The molecule has 10 heteroatoms. The molecule has 1 atom stereocenters. The molecule has 0 fully saturated rings. The number of halogens is 1. The minimum absolute atomic E-state index is 0. The van der Waals surface area contributed by atoms with E-state index >= 15 is 0 Å². The van der Waals surface area contributed by atoms with Gasteiger partial charge in [-0.05, 0) is 28.8 Å². The third kappa shape index (κ3) is 3.82. The number of hydrogen-bond acceptors (Lipinski definition) is 6. The second kappa shape index (κ2) is 7.78. The van der Waals surface area contributed by atoms with Gasteiger partial charge in [-0.1, -0.05) is 36.4 Å². The zero-order valence-corrected chi connectivity index (χ0v) is 16.8. The Morgan fingerprint density at radius 3 is 2.32 bits per heavy atom. The van der Waals surface area contributed by atoms with Crippen LogP contribution < -0.4 is 10.5 Å². The van der Waals surface area contributed by atoms with Crippen molar-refractivity contribution < 1.29 is 22.5 Å². The van der Waals surface area contributed by atoms with Gasteiger partial charge >= 0.3 is 0 Å². The summed E-state index contributed by atoms with van der Waals surface area (Å²) in [6, 6.07) is 13.2. The Bertz CT molecular complexity index is 1020. The van der Waals surface area contributed by atoms with Crippen LogP contribution in [0.2, 0.25) is 0 Å². The maximum absolute atomic E-state index is 13.1. The molecule has 1 aliphatic rings. The van der Waals surface area contributed by atoms with Crippen molar-refractivity contribution in [3.05, 3.63) is 65.2 Å². The molecule has 0 saturated heterocycles. The van der Waals surface area contributed by atoms with Gasteiger partial charge in [0.2, 0.25) is 0 Å². The summed E-state index contributed by atoms with van der Waals surface area (Å²) in [6.07, 6.45) is 0. The van der Waals surface area contributed by atoms with E-state index in [1.54, 1.807) is 42.5 Å². The quantitative estimate of drug-likeness (QED) is 0.700. The van der Waals surface area contributed by atoms with Crippen molar-refractivity contribution in [1.29, 1.82) is 0 Å². The number of guanidine groups is 1. The van der Waals surface area contributed by atoms with Gasteiger partial charge in [-0.15, -0.1) is 12.4 Å². The minimum atomic E-state index is -4.22. The highest BCUT2D eigenvalue weighted by Crippen LogP contribution is 2.40. The lowest BCUT2D eigenvalue weighted by Gasteiger charge is -2.26. The van der Waals surface area contributed by atoms with Gasteiger partial charge in [0.1, 0.15) is 11.5 Å². The number of nitrogens with zero attached hydrogens (tertiary/aromatic N) is 2. The van der Waals surface area contributed by atoms with Crippen molar-refractivity contribution >= 4 is 34.4 Å².